The van der Waals surface area contributed by atoms with Crippen LogP contribution in [-0.2, 0) is 11.2 Å². The van der Waals surface area contributed by atoms with Crippen molar-refractivity contribution in [3.63, 3.8) is 0 Å². The summed E-state index contributed by atoms with van der Waals surface area (Å²) in [5.74, 6) is 2.23. The molecule has 19 heavy (non-hydrogen) atoms. The quantitative estimate of drug-likeness (QED) is 0.696. The van der Waals surface area contributed by atoms with Crippen molar-refractivity contribution in [2.24, 2.45) is 11.8 Å². The first-order chi connectivity index (χ1) is 9.19. The fourth-order valence-electron chi connectivity index (χ4n) is 2.16. The van der Waals surface area contributed by atoms with Gasteiger partial charge in [-0.05, 0) is 36.4 Å². The summed E-state index contributed by atoms with van der Waals surface area (Å²) in [4.78, 5) is 0. The average Bonchev–Trinajstić information content (AvgIpc) is 2.42. The van der Waals surface area contributed by atoms with Crippen LogP contribution in [0.2, 0.25) is 0 Å². The molecule has 108 valence electrons. The van der Waals surface area contributed by atoms with Crippen LogP contribution in [0.25, 0.3) is 0 Å². The van der Waals surface area contributed by atoms with Gasteiger partial charge in [-0.2, -0.15) is 0 Å². The molecule has 3 nitrogen and oxygen atoms in total. The Labute approximate surface area is 117 Å². The van der Waals surface area contributed by atoms with E-state index in [0.717, 1.165) is 31.9 Å². The molecular formula is C16H27NO2. The Bertz CT molecular complexity index is 352. The van der Waals surface area contributed by atoms with Gasteiger partial charge in [0.2, 0.25) is 0 Å². The molecule has 3 heteroatoms. The van der Waals surface area contributed by atoms with Crippen molar-refractivity contribution in [2.45, 2.75) is 20.3 Å². The van der Waals surface area contributed by atoms with E-state index in [2.05, 4.69) is 31.3 Å². The molecule has 1 rings (SSSR count). The van der Waals surface area contributed by atoms with Gasteiger partial charge in [0.15, 0.2) is 0 Å². The van der Waals surface area contributed by atoms with Gasteiger partial charge < -0.3 is 14.8 Å². The van der Waals surface area contributed by atoms with E-state index in [1.165, 1.54) is 5.56 Å². The van der Waals surface area contributed by atoms with Gasteiger partial charge in [0.05, 0.1) is 13.7 Å². The van der Waals surface area contributed by atoms with Gasteiger partial charge in [-0.1, -0.05) is 32.0 Å². The predicted octanol–water partition coefficient (Wildman–Crippen LogP) is 2.75. The van der Waals surface area contributed by atoms with Crippen LogP contribution in [0.15, 0.2) is 24.3 Å². The number of methoxy groups -OCH3 is 2. The van der Waals surface area contributed by atoms with E-state index in [0.29, 0.717) is 11.8 Å². The molecule has 0 radical (unpaired) electrons. The largest absolute Gasteiger partial charge is 0.496 e. The summed E-state index contributed by atoms with van der Waals surface area (Å²) >= 11 is 0. The van der Waals surface area contributed by atoms with Crippen LogP contribution in [-0.4, -0.2) is 33.9 Å². The van der Waals surface area contributed by atoms with Gasteiger partial charge in [0.25, 0.3) is 0 Å². The summed E-state index contributed by atoms with van der Waals surface area (Å²) in [6.07, 6.45) is 1.04. The molecule has 0 aromatic heterocycles. The number of benzene rings is 1. The monoisotopic (exact) mass is 265 g/mol. The molecule has 1 N–H and O–H groups in total. The molecule has 0 aliphatic heterocycles. The lowest BCUT2D eigenvalue weighted by Gasteiger charge is -2.22. The molecule has 1 aromatic rings. The average molecular weight is 265 g/mol. The third-order valence-corrected chi connectivity index (χ3v) is 3.51. The fraction of sp³-hybridized carbons (Fsp3) is 0.625. The summed E-state index contributed by atoms with van der Waals surface area (Å²) in [7, 11) is 3.47. The van der Waals surface area contributed by atoms with E-state index in [4.69, 9.17) is 9.47 Å². The topological polar surface area (TPSA) is 30.5 Å². The van der Waals surface area contributed by atoms with Crippen LogP contribution in [0.5, 0.6) is 5.75 Å². The number of nitrogens with one attached hydrogen (secondary N) is 1. The zero-order valence-electron chi connectivity index (χ0n) is 12.6. The molecular weight excluding hydrogens is 238 g/mol. The lowest BCUT2D eigenvalue weighted by atomic mass is 9.89. The lowest BCUT2D eigenvalue weighted by Crippen LogP contribution is -2.30. The maximum absolute atomic E-state index is 5.43. The molecule has 1 unspecified atom stereocenters. The molecule has 0 aliphatic rings. The van der Waals surface area contributed by atoms with Gasteiger partial charge in [0, 0.05) is 13.7 Å². The molecule has 0 heterocycles. The van der Waals surface area contributed by atoms with Gasteiger partial charge in [-0.3, -0.25) is 0 Å². The van der Waals surface area contributed by atoms with Crippen LogP contribution < -0.4 is 10.1 Å². The van der Waals surface area contributed by atoms with Crippen molar-refractivity contribution in [3.8, 4) is 5.75 Å². The highest BCUT2D eigenvalue weighted by Crippen LogP contribution is 2.24. The SMILES string of the molecule is COCCNCC(Cc1ccccc1OC)C(C)C. The highest BCUT2D eigenvalue weighted by Gasteiger charge is 2.15. The highest BCUT2D eigenvalue weighted by molar-refractivity contribution is 5.33. The van der Waals surface area contributed by atoms with Crippen molar-refractivity contribution in [2.75, 3.05) is 33.9 Å². The lowest BCUT2D eigenvalue weighted by molar-refractivity contribution is 0.196. The molecule has 1 atom stereocenters. The first-order valence-corrected chi connectivity index (χ1v) is 7.00. The van der Waals surface area contributed by atoms with Crippen LogP contribution in [0.4, 0.5) is 0 Å². The van der Waals surface area contributed by atoms with E-state index < -0.39 is 0 Å². The van der Waals surface area contributed by atoms with Crippen LogP contribution >= 0.6 is 0 Å². The predicted molar refractivity (Wildman–Crippen MR) is 79.8 cm³/mol. The molecule has 0 saturated heterocycles. The van der Waals surface area contributed by atoms with Gasteiger partial charge in [-0.25, -0.2) is 0 Å². The maximum Gasteiger partial charge on any atom is 0.122 e. The van der Waals surface area contributed by atoms with Gasteiger partial charge in [-0.15, -0.1) is 0 Å². The molecule has 0 spiro atoms. The summed E-state index contributed by atoms with van der Waals surface area (Å²) in [6.45, 7) is 7.24. The van der Waals surface area contributed by atoms with E-state index in [1.807, 2.05) is 12.1 Å². The molecule has 0 bridgehead atoms. The molecule has 0 amide bonds. The molecule has 0 fully saturated rings. The Morgan fingerprint density at radius 2 is 1.89 bits per heavy atom. The van der Waals surface area contributed by atoms with E-state index >= 15 is 0 Å². The molecule has 0 aliphatic carbocycles. The third kappa shape index (κ3) is 5.62. The first kappa shape index (κ1) is 16.0. The minimum atomic E-state index is 0.605. The first-order valence-electron chi connectivity index (χ1n) is 7.00. The van der Waals surface area contributed by atoms with Gasteiger partial charge >= 0.3 is 0 Å². The third-order valence-electron chi connectivity index (χ3n) is 3.51. The van der Waals surface area contributed by atoms with Crippen molar-refractivity contribution in [1.82, 2.24) is 5.32 Å². The molecule has 0 saturated carbocycles. The minimum Gasteiger partial charge on any atom is -0.496 e. The van der Waals surface area contributed by atoms with E-state index in [1.54, 1.807) is 14.2 Å². The summed E-state index contributed by atoms with van der Waals surface area (Å²) in [5, 5.41) is 3.46. The summed E-state index contributed by atoms with van der Waals surface area (Å²) < 4.78 is 10.5. The Morgan fingerprint density at radius 3 is 2.53 bits per heavy atom. The number of hydrogen-bond donors (Lipinski definition) is 1. The fourth-order valence-corrected chi connectivity index (χ4v) is 2.16. The number of hydrogen-bond acceptors (Lipinski definition) is 3. The Balaban J connectivity index is 2.57. The standard InChI is InChI=1S/C16H27NO2/c1-13(2)15(12-17-9-10-18-3)11-14-7-5-6-8-16(14)19-4/h5-8,13,15,17H,9-12H2,1-4H3. The summed E-state index contributed by atoms with van der Waals surface area (Å²) in [6, 6.07) is 8.28. The second kappa shape index (κ2) is 8.94. The van der Waals surface area contributed by atoms with E-state index in [9.17, 15) is 0 Å². The summed E-state index contributed by atoms with van der Waals surface area (Å²) in [5.41, 5.74) is 1.29. The Hall–Kier alpha value is -1.06. The number of ether oxygens (including phenoxy) is 2. The molecule has 1 aromatic carbocycles. The van der Waals surface area contributed by atoms with Crippen molar-refractivity contribution < 1.29 is 9.47 Å². The Kier molecular flexibility index (Phi) is 7.53. The second-order valence-electron chi connectivity index (χ2n) is 5.22. The number of rotatable bonds is 9. The van der Waals surface area contributed by atoms with E-state index in [-0.39, 0.29) is 0 Å². The zero-order valence-corrected chi connectivity index (χ0v) is 12.6. The van der Waals surface area contributed by atoms with Crippen LogP contribution in [0.3, 0.4) is 0 Å². The van der Waals surface area contributed by atoms with Crippen molar-refractivity contribution in [3.05, 3.63) is 29.8 Å². The van der Waals surface area contributed by atoms with Crippen molar-refractivity contribution >= 4 is 0 Å². The zero-order chi connectivity index (χ0) is 14.1. The Morgan fingerprint density at radius 1 is 1.16 bits per heavy atom. The smallest absolute Gasteiger partial charge is 0.122 e. The normalized spacial score (nSPS) is 12.7. The highest BCUT2D eigenvalue weighted by atomic mass is 16.5. The second-order valence-corrected chi connectivity index (χ2v) is 5.22. The van der Waals surface area contributed by atoms with Crippen molar-refractivity contribution in [1.29, 1.82) is 0 Å². The number of para-hydroxylation sites is 1. The minimum absolute atomic E-state index is 0.605. The van der Waals surface area contributed by atoms with Gasteiger partial charge in [0.1, 0.15) is 5.75 Å². The van der Waals surface area contributed by atoms with Crippen LogP contribution in [0.1, 0.15) is 19.4 Å². The van der Waals surface area contributed by atoms with Crippen LogP contribution in [0, 0.1) is 11.8 Å². The maximum atomic E-state index is 5.43.